The van der Waals surface area contributed by atoms with Crippen LogP contribution in [-0.4, -0.2) is 39.9 Å². The first-order chi connectivity index (χ1) is 18.5. The molecular formula is C26H20F4N6O2S. The molecule has 1 N–H and O–H groups in total. The van der Waals surface area contributed by atoms with E-state index in [1.165, 1.54) is 47.3 Å². The van der Waals surface area contributed by atoms with Gasteiger partial charge in [0.25, 0.3) is 5.91 Å². The van der Waals surface area contributed by atoms with Gasteiger partial charge in [0.15, 0.2) is 10.8 Å². The molecule has 2 heterocycles. The molecule has 1 fully saturated rings. The molecule has 0 unspecified atom stereocenters. The van der Waals surface area contributed by atoms with Gasteiger partial charge in [0.05, 0.1) is 23.0 Å². The summed E-state index contributed by atoms with van der Waals surface area (Å²) in [5.74, 6) is -1.43. The topological polar surface area (TPSA) is 102 Å². The van der Waals surface area contributed by atoms with Gasteiger partial charge < -0.3 is 19.9 Å². The number of hydrogen-bond donors (Lipinski definition) is 1. The van der Waals surface area contributed by atoms with Gasteiger partial charge in [-0.2, -0.15) is 18.4 Å². The normalized spacial score (nSPS) is 13.9. The van der Waals surface area contributed by atoms with Gasteiger partial charge in [-0.25, -0.2) is 14.4 Å². The Balaban J connectivity index is 1.70. The Labute approximate surface area is 225 Å². The molecule has 1 aliphatic rings. The van der Waals surface area contributed by atoms with Crippen molar-refractivity contribution < 1.29 is 27.2 Å². The fraction of sp³-hybridized carbons (Fsp3) is 0.231. The van der Waals surface area contributed by atoms with Crippen molar-refractivity contribution >= 4 is 46.7 Å². The highest BCUT2D eigenvalue weighted by Gasteiger charge is 2.46. The highest BCUT2D eigenvalue weighted by Crippen LogP contribution is 2.41. The minimum absolute atomic E-state index is 0.0940. The molecule has 8 nitrogen and oxygen atoms in total. The van der Waals surface area contributed by atoms with E-state index < -0.39 is 34.7 Å². The Morgan fingerprint density at radius 1 is 1.18 bits per heavy atom. The first-order valence-corrected chi connectivity index (χ1v) is 11.9. The van der Waals surface area contributed by atoms with Gasteiger partial charge in [0, 0.05) is 18.9 Å². The minimum atomic E-state index is -4.84. The van der Waals surface area contributed by atoms with Gasteiger partial charge in [-0.15, -0.1) is 0 Å². The molecule has 13 heteroatoms. The Bertz CT molecular complexity index is 1470. The van der Waals surface area contributed by atoms with E-state index in [-0.39, 0.29) is 27.9 Å². The van der Waals surface area contributed by atoms with E-state index in [9.17, 15) is 22.8 Å². The number of amides is 1. The number of thiocarbonyl (C=S) groups is 1. The SMILES string of the molecule is CN(C(=S)N(c1ccc(C(=O)Nc2ccccn2)c(F)c1)C1(C=O)CCC1)c1cnc(C#N)c(C(F)(F)F)c1. The zero-order valence-electron chi connectivity index (χ0n) is 20.4. The van der Waals surface area contributed by atoms with Gasteiger partial charge in [0.1, 0.15) is 29.5 Å². The monoisotopic (exact) mass is 556 g/mol. The molecule has 0 saturated heterocycles. The number of rotatable bonds is 6. The molecule has 200 valence electrons. The van der Waals surface area contributed by atoms with Crippen molar-refractivity contribution in [2.45, 2.75) is 31.0 Å². The summed E-state index contributed by atoms with van der Waals surface area (Å²) >= 11 is 5.60. The lowest BCUT2D eigenvalue weighted by Crippen LogP contribution is -2.60. The second-order valence-corrected chi connectivity index (χ2v) is 9.15. The molecule has 1 aromatic carbocycles. The number of nitrogens with one attached hydrogen (secondary N) is 1. The van der Waals surface area contributed by atoms with Gasteiger partial charge in [0.2, 0.25) is 0 Å². The zero-order valence-corrected chi connectivity index (χ0v) is 21.2. The summed E-state index contributed by atoms with van der Waals surface area (Å²) in [5.41, 5.74) is -3.46. The molecule has 4 rings (SSSR count). The van der Waals surface area contributed by atoms with Crippen molar-refractivity contribution in [3.8, 4) is 6.07 Å². The van der Waals surface area contributed by atoms with Crippen molar-refractivity contribution in [3.05, 3.63) is 77.5 Å². The largest absolute Gasteiger partial charge is 0.419 e. The number of halogens is 4. The van der Waals surface area contributed by atoms with Gasteiger partial charge >= 0.3 is 6.18 Å². The average Bonchev–Trinajstić information content (AvgIpc) is 2.89. The zero-order chi connectivity index (χ0) is 28.4. The highest BCUT2D eigenvalue weighted by atomic mass is 32.1. The number of carbonyl (C=O) groups is 2. The van der Waals surface area contributed by atoms with Crippen LogP contribution in [0.15, 0.2) is 54.9 Å². The van der Waals surface area contributed by atoms with E-state index in [0.29, 0.717) is 25.5 Å². The van der Waals surface area contributed by atoms with Crippen molar-refractivity contribution in [2.75, 3.05) is 22.2 Å². The van der Waals surface area contributed by atoms with Crippen molar-refractivity contribution in [1.82, 2.24) is 9.97 Å². The van der Waals surface area contributed by atoms with Crippen LogP contribution in [0.3, 0.4) is 0 Å². The van der Waals surface area contributed by atoms with Crippen LogP contribution in [0.1, 0.15) is 40.9 Å². The number of nitriles is 1. The van der Waals surface area contributed by atoms with Gasteiger partial charge in [-0.05, 0) is 67.9 Å². The molecule has 0 spiro atoms. The number of anilines is 3. The maximum absolute atomic E-state index is 15.2. The van der Waals surface area contributed by atoms with Crippen LogP contribution in [0.4, 0.5) is 34.8 Å². The summed E-state index contributed by atoms with van der Waals surface area (Å²) < 4.78 is 55.8. The first kappa shape index (κ1) is 27.6. The van der Waals surface area contributed by atoms with E-state index in [0.717, 1.165) is 18.3 Å². The van der Waals surface area contributed by atoms with E-state index in [2.05, 4.69) is 15.3 Å². The lowest BCUT2D eigenvalue weighted by Gasteiger charge is -2.48. The van der Waals surface area contributed by atoms with Crippen LogP contribution in [0.2, 0.25) is 0 Å². The third-order valence-corrected chi connectivity index (χ3v) is 6.85. The summed E-state index contributed by atoms with van der Waals surface area (Å²) in [6.07, 6.45) is -0.245. The molecule has 0 aliphatic heterocycles. The molecule has 1 saturated carbocycles. The van der Waals surface area contributed by atoms with Crippen molar-refractivity contribution in [2.24, 2.45) is 0 Å². The summed E-state index contributed by atoms with van der Waals surface area (Å²) in [6, 6.07) is 10.6. The fourth-order valence-corrected chi connectivity index (χ4v) is 4.53. The predicted octanol–water partition coefficient (Wildman–Crippen LogP) is 5.11. The van der Waals surface area contributed by atoms with Crippen LogP contribution in [0.5, 0.6) is 0 Å². The molecule has 0 atom stereocenters. The van der Waals surface area contributed by atoms with E-state index in [1.807, 2.05) is 0 Å². The van der Waals surface area contributed by atoms with Gasteiger partial charge in [-0.3, -0.25) is 4.79 Å². The summed E-state index contributed by atoms with van der Waals surface area (Å²) in [4.78, 5) is 35.0. The minimum Gasteiger partial charge on any atom is -0.320 e. The Morgan fingerprint density at radius 3 is 2.46 bits per heavy atom. The number of benzene rings is 1. The summed E-state index contributed by atoms with van der Waals surface area (Å²) in [7, 11) is 1.38. The second-order valence-electron chi connectivity index (χ2n) is 8.78. The third kappa shape index (κ3) is 5.42. The van der Waals surface area contributed by atoms with Crippen LogP contribution in [0, 0.1) is 17.1 Å². The number of carbonyl (C=O) groups excluding carboxylic acids is 2. The smallest absolute Gasteiger partial charge is 0.320 e. The Morgan fingerprint density at radius 2 is 1.92 bits per heavy atom. The van der Waals surface area contributed by atoms with Crippen LogP contribution >= 0.6 is 12.2 Å². The molecule has 2 aromatic heterocycles. The highest BCUT2D eigenvalue weighted by molar-refractivity contribution is 7.80. The lowest BCUT2D eigenvalue weighted by atomic mass is 9.76. The van der Waals surface area contributed by atoms with E-state index in [4.69, 9.17) is 17.5 Å². The van der Waals surface area contributed by atoms with Crippen LogP contribution < -0.4 is 15.1 Å². The first-order valence-electron chi connectivity index (χ1n) is 11.5. The molecule has 0 bridgehead atoms. The average molecular weight is 557 g/mol. The fourth-order valence-electron chi connectivity index (χ4n) is 4.14. The van der Waals surface area contributed by atoms with E-state index >= 15 is 4.39 Å². The molecular weight excluding hydrogens is 536 g/mol. The quantitative estimate of drug-likeness (QED) is 0.254. The Kier molecular flexibility index (Phi) is 7.60. The number of alkyl halides is 3. The number of aldehydes is 1. The Hall–Kier alpha value is -4.44. The van der Waals surface area contributed by atoms with Crippen molar-refractivity contribution in [1.29, 1.82) is 5.26 Å². The summed E-state index contributed by atoms with van der Waals surface area (Å²) in [5, 5.41) is 11.4. The number of pyridine rings is 2. The standard InChI is InChI=1S/C26H20F4N6O2S/c1-35(17-11-19(26(28,29)30)21(13-31)33-14-17)24(39)36(25(15-37)8-4-9-25)16-6-7-18(20(27)12-16)23(38)34-22-5-2-3-10-32-22/h2-3,5-7,10-12,14-15H,4,8-9H2,1H3,(H,32,34,38). The maximum Gasteiger partial charge on any atom is 0.419 e. The molecule has 0 radical (unpaired) electrons. The van der Waals surface area contributed by atoms with E-state index in [1.54, 1.807) is 12.1 Å². The van der Waals surface area contributed by atoms with Crippen LogP contribution in [0.25, 0.3) is 0 Å². The number of aromatic nitrogens is 2. The second kappa shape index (κ2) is 10.7. The maximum atomic E-state index is 15.2. The molecule has 39 heavy (non-hydrogen) atoms. The molecule has 1 amide bonds. The van der Waals surface area contributed by atoms with Crippen molar-refractivity contribution in [3.63, 3.8) is 0 Å². The summed E-state index contributed by atoms with van der Waals surface area (Å²) in [6.45, 7) is 0. The van der Waals surface area contributed by atoms with Crippen LogP contribution in [-0.2, 0) is 11.0 Å². The third-order valence-electron chi connectivity index (χ3n) is 6.40. The molecule has 1 aliphatic carbocycles. The van der Waals surface area contributed by atoms with Gasteiger partial charge in [-0.1, -0.05) is 6.07 Å². The predicted molar refractivity (Wildman–Crippen MR) is 139 cm³/mol. The number of hydrogen-bond acceptors (Lipinski definition) is 6. The lowest BCUT2D eigenvalue weighted by molar-refractivity contribution is -0.138. The number of nitrogens with zero attached hydrogens (tertiary/aromatic N) is 5. The molecule has 3 aromatic rings.